The van der Waals surface area contributed by atoms with Crippen molar-refractivity contribution in [3.8, 4) is 0 Å². The Balaban J connectivity index is 3.15. The molecule has 0 amide bonds. The highest BCUT2D eigenvalue weighted by Gasteiger charge is 2.16. The molecule has 0 aliphatic carbocycles. The van der Waals surface area contributed by atoms with Crippen molar-refractivity contribution < 1.29 is 13.3 Å². The fourth-order valence-corrected chi connectivity index (χ4v) is 1.31. The van der Waals surface area contributed by atoms with Gasteiger partial charge in [0.15, 0.2) is 0 Å². The van der Waals surface area contributed by atoms with E-state index in [1.54, 1.807) is 0 Å². The van der Waals surface area contributed by atoms with Gasteiger partial charge in [-0.1, -0.05) is 0 Å². The van der Waals surface area contributed by atoms with E-state index >= 15 is 0 Å². The topological polar surface area (TPSA) is 102 Å². The summed E-state index contributed by atoms with van der Waals surface area (Å²) in [5.74, 6) is -0.278. The van der Waals surface area contributed by atoms with Crippen molar-refractivity contribution in [1.29, 1.82) is 0 Å². The summed E-state index contributed by atoms with van der Waals surface area (Å²) in [6.45, 7) is 0. The van der Waals surface area contributed by atoms with Gasteiger partial charge in [-0.15, -0.1) is 0 Å². The van der Waals surface area contributed by atoms with Gasteiger partial charge in [0, 0.05) is 12.3 Å². The molecule has 76 valence electrons. The molecule has 0 fully saturated rings. The smallest absolute Gasteiger partial charge is 0.262 e. The van der Waals surface area contributed by atoms with Crippen LogP contribution >= 0.6 is 0 Å². The van der Waals surface area contributed by atoms with Crippen molar-refractivity contribution in [1.82, 2.24) is 4.98 Å². The molecule has 7 nitrogen and oxygen atoms in total. The minimum absolute atomic E-state index is 0.278. The average molecular weight is 217 g/mol. The summed E-state index contributed by atoms with van der Waals surface area (Å²) in [5.41, 5.74) is -0.377. The summed E-state index contributed by atoms with van der Waals surface area (Å²) in [5, 5.41) is 10.4. The van der Waals surface area contributed by atoms with Crippen LogP contribution in [0.25, 0.3) is 0 Å². The fourth-order valence-electron chi connectivity index (χ4n) is 0.798. The van der Waals surface area contributed by atoms with Gasteiger partial charge in [0.25, 0.3) is 0 Å². The number of hydrogen-bond acceptors (Lipinski definition) is 5. The standard InChI is InChI=1S/C6H7N3O4S/c1-14(12,13)8-6-5(9(10)11)3-2-4-7-6/h2-4H,1H3,(H,7,8). The van der Waals surface area contributed by atoms with Crippen LogP contribution < -0.4 is 4.72 Å². The van der Waals surface area contributed by atoms with E-state index in [2.05, 4.69) is 4.98 Å². The zero-order valence-corrected chi connectivity index (χ0v) is 7.98. The molecular weight excluding hydrogens is 210 g/mol. The number of aromatic nitrogens is 1. The SMILES string of the molecule is CS(=O)(=O)Nc1ncccc1[N+](=O)[O-]. The van der Waals surface area contributed by atoms with E-state index in [0.29, 0.717) is 0 Å². The lowest BCUT2D eigenvalue weighted by atomic mass is 10.4. The van der Waals surface area contributed by atoms with Gasteiger partial charge < -0.3 is 0 Å². The zero-order valence-electron chi connectivity index (χ0n) is 7.17. The van der Waals surface area contributed by atoms with Crippen LogP contribution in [0, 0.1) is 10.1 Å². The average Bonchev–Trinajstić information content (AvgIpc) is 2.01. The highest BCUT2D eigenvalue weighted by Crippen LogP contribution is 2.20. The number of anilines is 1. The Bertz CT molecular complexity index is 456. The number of rotatable bonds is 3. The zero-order chi connectivity index (χ0) is 10.8. The molecule has 1 heterocycles. The molecule has 0 atom stereocenters. The maximum atomic E-state index is 10.8. The van der Waals surface area contributed by atoms with Crippen LogP contribution in [-0.2, 0) is 10.0 Å². The van der Waals surface area contributed by atoms with Crippen LogP contribution in [0.2, 0.25) is 0 Å². The van der Waals surface area contributed by atoms with E-state index in [1.807, 2.05) is 4.72 Å². The van der Waals surface area contributed by atoms with E-state index < -0.39 is 14.9 Å². The van der Waals surface area contributed by atoms with Crippen LogP contribution in [0.4, 0.5) is 11.5 Å². The Morgan fingerprint density at radius 3 is 2.71 bits per heavy atom. The van der Waals surface area contributed by atoms with Crippen LogP contribution in [0.1, 0.15) is 0 Å². The summed E-state index contributed by atoms with van der Waals surface area (Å²) < 4.78 is 23.6. The molecule has 1 aromatic heterocycles. The summed E-state index contributed by atoms with van der Waals surface area (Å²) in [6, 6.07) is 2.52. The molecule has 0 bridgehead atoms. The third-order valence-electron chi connectivity index (χ3n) is 1.27. The van der Waals surface area contributed by atoms with E-state index in [9.17, 15) is 18.5 Å². The van der Waals surface area contributed by atoms with E-state index in [1.165, 1.54) is 18.3 Å². The lowest BCUT2D eigenvalue weighted by Crippen LogP contribution is -2.12. The Morgan fingerprint density at radius 1 is 1.57 bits per heavy atom. The van der Waals surface area contributed by atoms with Gasteiger partial charge >= 0.3 is 5.69 Å². The van der Waals surface area contributed by atoms with Gasteiger partial charge in [0.05, 0.1) is 11.2 Å². The molecule has 14 heavy (non-hydrogen) atoms. The minimum atomic E-state index is -3.55. The number of nitrogens with one attached hydrogen (secondary N) is 1. The van der Waals surface area contributed by atoms with Crippen molar-refractivity contribution in [2.45, 2.75) is 0 Å². The molecular formula is C6H7N3O4S. The highest BCUT2D eigenvalue weighted by atomic mass is 32.2. The maximum Gasteiger partial charge on any atom is 0.312 e. The molecule has 1 rings (SSSR count). The second kappa shape index (κ2) is 3.58. The maximum absolute atomic E-state index is 10.8. The van der Waals surface area contributed by atoms with Gasteiger partial charge in [0.2, 0.25) is 15.8 Å². The summed E-state index contributed by atoms with van der Waals surface area (Å²) in [6.07, 6.45) is 2.16. The van der Waals surface area contributed by atoms with Crippen molar-refractivity contribution in [3.63, 3.8) is 0 Å². The lowest BCUT2D eigenvalue weighted by Gasteiger charge is -2.02. The number of pyridine rings is 1. The minimum Gasteiger partial charge on any atom is -0.262 e. The van der Waals surface area contributed by atoms with Crippen molar-refractivity contribution in [3.05, 3.63) is 28.4 Å². The van der Waals surface area contributed by atoms with Gasteiger partial charge in [-0.2, -0.15) is 0 Å². The molecule has 1 N–H and O–H groups in total. The van der Waals surface area contributed by atoms with E-state index in [4.69, 9.17) is 0 Å². The molecule has 8 heteroatoms. The largest absolute Gasteiger partial charge is 0.312 e. The first-order valence-corrected chi connectivity index (χ1v) is 5.36. The van der Waals surface area contributed by atoms with Crippen LogP contribution in [0.15, 0.2) is 18.3 Å². The highest BCUT2D eigenvalue weighted by molar-refractivity contribution is 7.92. The summed E-state index contributed by atoms with van der Waals surface area (Å²) in [7, 11) is -3.55. The predicted octanol–water partition coefficient (Wildman–Crippen LogP) is 0.361. The number of hydrogen-bond donors (Lipinski definition) is 1. The van der Waals surface area contributed by atoms with Crippen LogP contribution in [0.5, 0.6) is 0 Å². The lowest BCUT2D eigenvalue weighted by molar-refractivity contribution is -0.384. The molecule has 1 aromatic rings. The fraction of sp³-hybridized carbons (Fsp3) is 0.167. The molecule has 0 unspecified atom stereocenters. The molecule has 0 aromatic carbocycles. The predicted molar refractivity (Wildman–Crippen MR) is 49.4 cm³/mol. The molecule has 0 spiro atoms. The summed E-state index contributed by atoms with van der Waals surface area (Å²) in [4.78, 5) is 13.3. The molecule has 0 radical (unpaired) electrons. The van der Waals surface area contributed by atoms with Gasteiger partial charge in [-0.3, -0.25) is 14.8 Å². The Kier molecular flexibility index (Phi) is 2.65. The summed E-state index contributed by atoms with van der Waals surface area (Å²) >= 11 is 0. The quantitative estimate of drug-likeness (QED) is 0.581. The first-order valence-electron chi connectivity index (χ1n) is 3.47. The number of sulfonamides is 1. The van der Waals surface area contributed by atoms with Gasteiger partial charge in [-0.05, 0) is 6.07 Å². The van der Waals surface area contributed by atoms with Crippen LogP contribution in [-0.4, -0.2) is 24.6 Å². The Morgan fingerprint density at radius 2 is 2.21 bits per heavy atom. The van der Waals surface area contributed by atoms with E-state index in [-0.39, 0.29) is 11.5 Å². The van der Waals surface area contributed by atoms with E-state index in [0.717, 1.165) is 6.26 Å². The second-order valence-electron chi connectivity index (χ2n) is 2.50. The van der Waals surface area contributed by atoms with Gasteiger partial charge in [0.1, 0.15) is 0 Å². The first-order chi connectivity index (χ1) is 6.40. The normalized spacial score (nSPS) is 10.9. The molecule has 0 saturated heterocycles. The number of nitro groups is 1. The van der Waals surface area contributed by atoms with Crippen LogP contribution in [0.3, 0.4) is 0 Å². The Hall–Kier alpha value is -1.70. The molecule has 0 aliphatic rings. The monoisotopic (exact) mass is 217 g/mol. The van der Waals surface area contributed by atoms with Crippen molar-refractivity contribution in [2.24, 2.45) is 0 Å². The Labute approximate surface area is 80.0 Å². The third-order valence-corrected chi connectivity index (χ3v) is 1.83. The van der Waals surface area contributed by atoms with Crippen molar-refractivity contribution >= 4 is 21.5 Å². The molecule has 0 saturated carbocycles. The first kappa shape index (κ1) is 10.4. The molecule has 0 aliphatic heterocycles. The second-order valence-corrected chi connectivity index (χ2v) is 4.25. The van der Waals surface area contributed by atoms with Gasteiger partial charge in [-0.25, -0.2) is 13.4 Å². The van der Waals surface area contributed by atoms with Crippen molar-refractivity contribution in [2.75, 3.05) is 11.0 Å². The third kappa shape index (κ3) is 2.66. The number of nitrogens with zero attached hydrogens (tertiary/aromatic N) is 2.